The summed E-state index contributed by atoms with van der Waals surface area (Å²) in [5.41, 5.74) is 0.364. The second-order valence-electron chi connectivity index (χ2n) is 3.73. The summed E-state index contributed by atoms with van der Waals surface area (Å²) in [5, 5.41) is 11.8. The van der Waals surface area contributed by atoms with Crippen molar-refractivity contribution in [2.45, 2.75) is 38.3 Å². The molecule has 0 aromatic rings. The highest BCUT2D eigenvalue weighted by atomic mass is 16.4. The fraction of sp³-hybridized carbons (Fsp3) is 0.875. The van der Waals surface area contributed by atoms with Crippen LogP contribution < -0.4 is 5.32 Å². The number of nitrogens with one attached hydrogen (secondary N) is 1. The minimum atomic E-state index is -0.690. The second kappa shape index (κ2) is 1.97. The summed E-state index contributed by atoms with van der Waals surface area (Å²) in [6.07, 6.45) is 3.14. The van der Waals surface area contributed by atoms with Crippen LogP contribution in [0.2, 0.25) is 0 Å². The molecule has 1 aliphatic carbocycles. The monoisotopic (exact) mass is 157 g/mol. The Balaban J connectivity index is 0.000000720. The van der Waals surface area contributed by atoms with Gasteiger partial charge in [0.2, 0.25) is 0 Å². The van der Waals surface area contributed by atoms with Gasteiger partial charge in [-0.25, -0.2) is 0 Å². The van der Waals surface area contributed by atoms with Gasteiger partial charge in [-0.05, 0) is 24.7 Å². The Morgan fingerprint density at radius 2 is 2.55 bits per heavy atom. The molecule has 0 aromatic heterocycles. The number of carboxylic acids is 1. The van der Waals surface area contributed by atoms with Crippen molar-refractivity contribution in [2.24, 2.45) is 5.41 Å². The number of carbonyl (C=O) groups is 1. The lowest BCUT2D eigenvalue weighted by atomic mass is 9.97. The third-order valence-corrected chi connectivity index (χ3v) is 3.20. The molecule has 2 N–H and O–H groups in total. The average molecular weight is 157 g/mol. The van der Waals surface area contributed by atoms with Crippen LogP contribution in [0.25, 0.3) is 0 Å². The van der Waals surface area contributed by atoms with Crippen LogP contribution in [-0.2, 0) is 4.79 Å². The Morgan fingerprint density at radius 1 is 1.82 bits per heavy atom. The molecule has 64 valence electrons. The zero-order chi connectivity index (χ0) is 8.06. The molecule has 1 saturated carbocycles. The summed E-state index contributed by atoms with van der Waals surface area (Å²) in [7, 11) is 0. The maximum atomic E-state index is 10.6. The van der Waals surface area contributed by atoms with E-state index in [-0.39, 0.29) is 7.47 Å². The predicted molar refractivity (Wildman–Crippen MR) is 42.4 cm³/mol. The van der Waals surface area contributed by atoms with Gasteiger partial charge in [0.1, 0.15) is 6.04 Å². The molecule has 1 heterocycles. The molecule has 3 heteroatoms. The van der Waals surface area contributed by atoms with Gasteiger partial charge in [-0.3, -0.25) is 4.79 Å². The molecule has 3 atom stereocenters. The van der Waals surface area contributed by atoms with E-state index in [9.17, 15) is 4.79 Å². The lowest BCUT2D eigenvalue weighted by Crippen LogP contribution is -2.33. The number of hydrogen-bond donors (Lipinski definition) is 2. The first-order valence-electron chi connectivity index (χ1n) is 4.17. The smallest absolute Gasteiger partial charge is 0.320 e. The number of carboxylic acid groups (broad SMARTS) is 1. The highest BCUT2D eigenvalue weighted by Gasteiger charge is 2.60. The molecule has 2 rings (SSSR count). The van der Waals surface area contributed by atoms with Crippen molar-refractivity contribution in [3.63, 3.8) is 0 Å². The first-order valence-corrected chi connectivity index (χ1v) is 4.17. The summed E-state index contributed by atoms with van der Waals surface area (Å²) in [6.45, 7) is 2.14. The zero-order valence-electron chi connectivity index (χ0n) is 6.63. The highest BCUT2D eigenvalue weighted by molar-refractivity contribution is 5.74. The molecule has 0 bridgehead atoms. The van der Waals surface area contributed by atoms with E-state index in [0.717, 1.165) is 12.8 Å². The van der Waals surface area contributed by atoms with Crippen molar-refractivity contribution < 1.29 is 11.3 Å². The average Bonchev–Trinajstić information content (AvgIpc) is 2.55. The van der Waals surface area contributed by atoms with Gasteiger partial charge >= 0.3 is 5.97 Å². The van der Waals surface area contributed by atoms with Gasteiger partial charge < -0.3 is 10.4 Å². The molecule has 0 amide bonds. The van der Waals surface area contributed by atoms with E-state index in [1.807, 2.05) is 0 Å². The molecule has 11 heavy (non-hydrogen) atoms. The first-order chi connectivity index (χ1) is 5.18. The van der Waals surface area contributed by atoms with Gasteiger partial charge in [0.25, 0.3) is 0 Å². The van der Waals surface area contributed by atoms with E-state index >= 15 is 0 Å². The maximum absolute atomic E-state index is 10.6. The van der Waals surface area contributed by atoms with E-state index in [1.165, 1.54) is 6.42 Å². The van der Waals surface area contributed by atoms with Crippen molar-refractivity contribution in [3.05, 3.63) is 0 Å². The third kappa shape index (κ3) is 0.872. The van der Waals surface area contributed by atoms with Crippen LogP contribution in [-0.4, -0.2) is 23.2 Å². The summed E-state index contributed by atoms with van der Waals surface area (Å²) in [6, 6.07) is 0.238. The van der Waals surface area contributed by atoms with Gasteiger partial charge in [-0.2, -0.15) is 0 Å². The SMILES string of the molecule is CC[C@@]12CC1N[C@H](C(=O)O)C2.[HH]. The topological polar surface area (TPSA) is 49.3 Å². The van der Waals surface area contributed by atoms with Gasteiger partial charge in [0.15, 0.2) is 0 Å². The Morgan fingerprint density at radius 3 is 2.91 bits per heavy atom. The summed E-state index contributed by atoms with van der Waals surface area (Å²) >= 11 is 0. The van der Waals surface area contributed by atoms with Crippen LogP contribution >= 0.6 is 0 Å². The molecular formula is C8H15NO2. The zero-order valence-corrected chi connectivity index (χ0v) is 6.63. The molecule has 1 saturated heterocycles. The van der Waals surface area contributed by atoms with Gasteiger partial charge in [-0.15, -0.1) is 0 Å². The lowest BCUT2D eigenvalue weighted by molar-refractivity contribution is -0.139. The number of rotatable bonds is 2. The van der Waals surface area contributed by atoms with E-state index < -0.39 is 5.97 Å². The van der Waals surface area contributed by atoms with Gasteiger partial charge in [-0.1, -0.05) is 6.92 Å². The van der Waals surface area contributed by atoms with E-state index in [4.69, 9.17) is 5.11 Å². The van der Waals surface area contributed by atoms with E-state index in [1.54, 1.807) is 0 Å². The molecule has 1 unspecified atom stereocenters. The van der Waals surface area contributed by atoms with Crippen LogP contribution in [0.15, 0.2) is 0 Å². The van der Waals surface area contributed by atoms with Crippen molar-refractivity contribution >= 4 is 5.97 Å². The van der Waals surface area contributed by atoms with Crippen LogP contribution in [0.4, 0.5) is 0 Å². The van der Waals surface area contributed by atoms with Crippen molar-refractivity contribution in [2.75, 3.05) is 0 Å². The standard InChI is InChI=1S/C8H13NO2.H2/c1-2-8-3-5(7(10)11)9-6(8)4-8;/h5-6,9H,2-4H2,1H3,(H,10,11);1H/t5-,6?,8+;/m0./s1. The maximum Gasteiger partial charge on any atom is 0.320 e. The molecule has 3 nitrogen and oxygen atoms in total. The predicted octanol–water partition coefficient (Wildman–Crippen LogP) is 0.848. The van der Waals surface area contributed by atoms with E-state index in [0.29, 0.717) is 11.5 Å². The van der Waals surface area contributed by atoms with Crippen molar-refractivity contribution in [1.82, 2.24) is 5.32 Å². The Hall–Kier alpha value is -0.570. The minimum absolute atomic E-state index is 0. The lowest BCUT2D eigenvalue weighted by Gasteiger charge is -2.09. The number of hydrogen-bond acceptors (Lipinski definition) is 2. The van der Waals surface area contributed by atoms with Gasteiger partial charge in [0, 0.05) is 7.47 Å². The number of fused-ring (bicyclic) bond motifs is 1. The summed E-state index contributed by atoms with van der Waals surface area (Å²) < 4.78 is 0. The van der Waals surface area contributed by atoms with Crippen LogP contribution in [0.3, 0.4) is 0 Å². The summed E-state index contributed by atoms with van der Waals surface area (Å²) in [5.74, 6) is -0.690. The highest BCUT2D eigenvalue weighted by Crippen LogP contribution is 2.56. The fourth-order valence-corrected chi connectivity index (χ4v) is 2.21. The van der Waals surface area contributed by atoms with Gasteiger partial charge in [0.05, 0.1) is 0 Å². The Kier molecular flexibility index (Phi) is 1.27. The molecule has 0 radical (unpaired) electrons. The van der Waals surface area contributed by atoms with Crippen LogP contribution in [0, 0.1) is 5.41 Å². The Labute approximate surface area is 67.3 Å². The number of piperidine rings is 1. The third-order valence-electron chi connectivity index (χ3n) is 3.20. The summed E-state index contributed by atoms with van der Waals surface area (Å²) in [4.78, 5) is 10.6. The Bertz CT molecular complexity index is 205. The molecule has 0 spiro atoms. The molecule has 2 aliphatic rings. The largest absolute Gasteiger partial charge is 0.480 e. The van der Waals surface area contributed by atoms with Crippen LogP contribution in [0.1, 0.15) is 27.6 Å². The molecular weight excluding hydrogens is 142 g/mol. The van der Waals surface area contributed by atoms with Crippen molar-refractivity contribution in [3.8, 4) is 0 Å². The first kappa shape index (κ1) is 7.10. The minimum Gasteiger partial charge on any atom is -0.480 e. The quantitative estimate of drug-likeness (QED) is 0.624. The molecule has 1 aliphatic heterocycles. The van der Waals surface area contributed by atoms with Crippen molar-refractivity contribution in [1.29, 1.82) is 0 Å². The van der Waals surface area contributed by atoms with E-state index in [2.05, 4.69) is 12.2 Å². The second-order valence-corrected chi connectivity index (χ2v) is 3.73. The fourth-order valence-electron chi connectivity index (χ4n) is 2.21. The molecule has 2 fully saturated rings. The normalized spacial score (nSPS) is 47.0. The molecule has 0 aromatic carbocycles. The number of aliphatic carboxylic acids is 1. The van der Waals surface area contributed by atoms with Crippen LogP contribution in [0.5, 0.6) is 0 Å².